The van der Waals surface area contributed by atoms with Gasteiger partial charge in [-0.05, 0) is 36.7 Å². The quantitative estimate of drug-likeness (QED) is 0.917. The summed E-state index contributed by atoms with van der Waals surface area (Å²) in [5.74, 6) is 1.06. The van der Waals surface area contributed by atoms with E-state index in [-0.39, 0.29) is 6.04 Å². The van der Waals surface area contributed by atoms with Crippen molar-refractivity contribution in [2.24, 2.45) is 0 Å². The number of hydrogen-bond donors (Lipinski definition) is 1. The van der Waals surface area contributed by atoms with Crippen molar-refractivity contribution in [3.63, 3.8) is 0 Å². The second-order valence-corrected chi connectivity index (χ2v) is 6.02. The molecule has 2 aromatic carbocycles. The summed E-state index contributed by atoms with van der Waals surface area (Å²) in [5.41, 5.74) is 5.05. The van der Waals surface area contributed by atoms with Gasteiger partial charge >= 0.3 is 0 Å². The van der Waals surface area contributed by atoms with Crippen LogP contribution < -0.4 is 10.1 Å². The van der Waals surface area contributed by atoms with E-state index in [0.717, 1.165) is 23.2 Å². The van der Waals surface area contributed by atoms with Gasteiger partial charge in [0.2, 0.25) is 0 Å². The minimum Gasteiger partial charge on any atom is -0.493 e. The fourth-order valence-corrected chi connectivity index (χ4v) is 3.06. The molecule has 0 amide bonds. The molecule has 1 aliphatic rings. The minimum absolute atomic E-state index is 0.162. The zero-order valence-corrected chi connectivity index (χ0v) is 13.3. The largest absolute Gasteiger partial charge is 0.493 e. The van der Waals surface area contributed by atoms with Crippen molar-refractivity contribution in [2.75, 3.05) is 13.7 Å². The molecule has 3 heteroatoms. The highest BCUT2D eigenvalue weighted by molar-refractivity contribution is 9.10. The molecule has 0 fully saturated rings. The van der Waals surface area contributed by atoms with Crippen molar-refractivity contribution in [1.82, 2.24) is 5.32 Å². The molecule has 2 nitrogen and oxygen atoms in total. The standard InChI is InChI=1S/C17H18BrNO/c1-11-10-13(6-7-15(11)18)16(19-2)14-5-3-4-12-8-9-20-17(12)14/h3-7,10,16,19H,8-9H2,1-2H3. The number of nitrogens with one attached hydrogen (secondary N) is 1. The Morgan fingerprint density at radius 2 is 2.10 bits per heavy atom. The van der Waals surface area contributed by atoms with E-state index in [9.17, 15) is 0 Å². The summed E-state index contributed by atoms with van der Waals surface area (Å²) in [6, 6.07) is 13.1. The summed E-state index contributed by atoms with van der Waals surface area (Å²) in [4.78, 5) is 0. The van der Waals surface area contributed by atoms with E-state index >= 15 is 0 Å². The van der Waals surface area contributed by atoms with Crippen LogP contribution in [-0.2, 0) is 6.42 Å². The van der Waals surface area contributed by atoms with Gasteiger partial charge in [-0.3, -0.25) is 0 Å². The van der Waals surface area contributed by atoms with Gasteiger partial charge in [0, 0.05) is 16.5 Å². The number of hydrogen-bond acceptors (Lipinski definition) is 2. The Hall–Kier alpha value is -1.32. The van der Waals surface area contributed by atoms with Crippen LogP contribution in [0, 0.1) is 6.92 Å². The third-order valence-electron chi connectivity index (χ3n) is 3.86. The Morgan fingerprint density at radius 3 is 2.85 bits per heavy atom. The molecule has 3 rings (SSSR count). The SMILES string of the molecule is CNC(c1ccc(Br)c(C)c1)c1cccc2c1OCC2. The Balaban J connectivity index is 2.06. The molecule has 0 bridgehead atoms. The van der Waals surface area contributed by atoms with Crippen LogP contribution >= 0.6 is 15.9 Å². The predicted molar refractivity (Wildman–Crippen MR) is 85.4 cm³/mol. The van der Waals surface area contributed by atoms with Crippen molar-refractivity contribution < 1.29 is 4.74 Å². The van der Waals surface area contributed by atoms with Crippen molar-refractivity contribution in [3.05, 3.63) is 63.1 Å². The minimum atomic E-state index is 0.162. The molecule has 1 atom stereocenters. The lowest BCUT2D eigenvalue weighted by molar-refractivity contribution is 0.351. The monoisotopic (exact) mass is 331 g/mol. The Morgan fingerprint density at radius 1 is 1.25 bits per heavy atom. The van der Waals surface area contributed by atoms with Gasteiger partial charge in [-0.2, -0.15) is 0 Å². The van der Waals surface area contributed by atoms with Gasteiger partial charge in [0.25, 0.3) is 0 Å². The molecule has 0 radical (unpaired) electrons. The van der Waals surface area contributed by atoms with Gasteiger partial charge in [0.15, 0.2) is 0 Å². The van der Waals surface area contributed by atoms with Gasteiger partial charge < -0.3 is 10.1 Å². The lowest BCUT2D eigenvalue weighted by Gasteiger charge is -2.20. The number of ether oxygens (including phenoxy) is 1. The summed E-state index contributed by atoms with van der Waals surface area (Å²) >= 11 is 3.56. The lowest BCUT2D eigenvalue weighted by Crippen LogP contribution is -2.18. The maximum Gasteiger partial charge on any atom is 0.127 e. The first kappa shape index (κ1) is 13.7. The molecule has 20 heavy (non-hydrogen) atoms. The van der Waals surface area contributed by atoms with E-state index in [1.807, 2.05) is 7.05 Å². The van der Waals surface area contributed by atoms with Crippen LogP contribution in [-0.4, -0.2) is 13.7 Å². The van der Waals surface area contributed by atoms with Crippen molar-refractivity contribution in [3.8, 4) is 5.75 Å². The smallest absolute Gasteiger partial charge is 0.127 e. The van der Waals surface area contributed by atoms with Crippen LogP contribution in [0.25, 0.3) is 0 Å². The van der Waals surface area contributed by atoms with Crippen LogP contribution in [0.15, 0.2) is 40.9 Å². The van der Waals surface area contributed by atoms with Crippen molar-refractivity contribution in [2.45, 2.75) is 19.4 Å². The molecular formula is C17H18BrNO. The van der Waals surface area contributed by atoms with Gasteiger partial charge in [-0.1, -0.05) is 46.3 Å². The molecule has 0 saturated heterocycles. The van der Waals surface area contributed by atoms with E-state index in [4.69, 9.17) is 4.74 Å². The van der Waals surface area contributed by atoms with Crippen LogP contribution in [0.5, 0.6) is 5.75 Å². The summed E-state index contributed by atoms with van der Waals surface area (Å²) in [7, 11) is 2.00. The molecule has 0 aliphatic carbocycles. The highest BCUT2D eigenvalue weighted by atomic mass is 79.9. The lowest BCUT2D eigenvalue weighted by atomic mass is 9.95. The maximum atomic E-state index is 5.84. The Kier molecular flexibility index (Phi) is 3.81. The first-order valence-electron chi connectivity index (χ1n) is 6.88. The molecule has 0 spiro atoms. The average Bonchev–Trinajstić information content (AvgIpc) is 2.93. The third-order valence-corrected chi connectivity index (χ3v) is 4.75. The number of para-hydroxylation sites is 1. The summed E-state index contributed by atoms with van der Waals surface area (Å²) in [6.45, 7) is 2.91. The van der Waals surface area contributed by atoms with Crippen LogP contribution in [0.1, 0.15) is 28.3 Å². The van der Waals surface area contributed by atoms with Crippen molar-refractivity contribution in [1.29, 1.82) is 0 Å². The number of aryl methyl sites for hydroxylation is 1. The van der Waals surface area contributed by atoms with E-state index in [1.165, 1.54) is 22.3 Å². The Labute approximate surface area is 128 Å². The van der Waals surface area contributed by atoms with Gasteiger partial charge in [0.1, 0.15) is 5.75 Å². The molecular weight excluding hydrogens is 314 g/mol. The second kappa shape index (κ2) is 5.58. The molecule has 0 aromatic heterocycles. The van der Waals surface area contributed by atoms with Crippen LogP contribution in [0.3, 0.4) is 0 Å². The first-order chi connectivity index (χ1) is 9.70. The summed E-state index contributed by atoms with van der Waals surface area (Å²) in [6.07, 6.45) is 1.01. The van der Waals surface area contributed by atoms with E-state index in [1.54, 1.807) is 0 Å². The van der Waals surface area contributed by atoms with Crippen LogP contribution in [0.2, 0.25) is 0 Å². The maximum absolute atomic E-state index is 5.84. The number of fused-ring (bicyclic) bond motifs is 1. The van der Waals surface area contributed by atoms with Gasteiger partial charge in [0.05, 0.1) is 12.6 Å². The zero-order valence-electron chi connectivity index (χ0n) is 11.7. The summed E-state index contributed by atoms with van der Waals surface area (Å²) < 4.78 is 6.98. The number of benzene rings is 2. The fraction of sp³-hybridized carbons (Fsp3) is 0.294. The molecule has 1 unspecified atom stereocenters. The molecule has 104 valence electrons. The highest BCUT2D eigenvalue weighted by Crippen LogP contribution is 2.36. The highest BCUT2D eigenvalue weighted by Gasteiger charge is 2.22. The van der Waals surface area contributed by atoms with E-state index < -0.39 is 0 Å². The average molecular weight is 332 g/mol. The van der Waals surface area contributed by atoms with Crippen molar-refractivity contribution >= 4 is 15.9 Å². The predicted octanol–water partition coefficient (Wildman–Crippen LogP) is 4.00. The fourth-order valence-electron chi connectivity index (χ4n) is 2.82. The molecule has 2 aromatic rings. The molecule has 0 saturated carbocycles. The van der Waals surface area contributed by atoms with E-state index in [2.05, 4.69) is 64.6 Å². The van der Waals surface area contributed by atoms with Crippen LogP contribution in [0.4, 0.5) is 0 Å². The molecule has 1 aliphatic heterocycles. The normalized spacial score (nSPS) is 14.8. The summed E-state index contributed by atoms with van der Waals surface area (Å²) in [5, 5.41) is 3.42. The number of rotatable bonds is 3. The van der Waals surface area contributed by atoms with Gasteiger partial charge in [-0.15, -0.1) is 0 Å². The molecule has 1 heterocycles. The van der Waals surface area contributed by atoms with Gasteiger partial charge in [-0.25, -0.2) is 0 Å². The second-order valence-electron chi connectivity index (χ2n) is 5.16. The zero-order chi connectivity index (χ0) is 14.1. The third kappa shape index (κ3) is 2.36. The first-order valence-corrected chi connectivity index (χ1v) is 7.68. The Bertz CT molecular complexity index is 639. The topological polar surface area (TPSA) is 21.3 Å². The number of halogens is 1. The van der Waals surface area contributed by atoms with E-state index in [0.29, 0.717) is 0 Å². The molecule has 1 N–H and O–H groups in total.